The number of aliphatic carboxylic acids is 1. The van der Waals surface area contributed by atoms with Crippen LogP contribution in [-0.2, 0) is 42.8 Å². The van der Waals surface area contributed by atoms with Crippen molar-refractivity contribution in [3.8, 4) is 0 Å². The van der Waals surface area contributed by atoms with Crippen LogP contribution in [0.4, 0.5) is 0 Å². The molecule has 23 nitrogen and oxygen atoms in total. The highest BCUT2D eigenvalue weighted by Crippen LogP contribution is 2.38. The van der Waals surface area contributed by atoms with Crippen molar-refractivity contribution < 1.29 is 104 Å². The molecule has 0 aromatic rings. The molecule has 0 aromatic carbocycles. The molecule has 0 bridgehead atoms. The van der Waals surface area contributed by atoms with E-state index in [1.165, 1.54) is 83.5 Å². The van der Waals surface area contributed by atoms with Crippen LogP contribution in [0.25, 0.3) is 0 Å². The lowest BCUT2D eigenvalue weighted by molar-refractivity contribution is -0.386. The number of nitrogens with one attached hydrogen (secondary N) is 2. The second-order valence-corrected chi connectivity index (χ2v) is 21.9. The molecule has 2 amide bonds. The molecule has 18 atom stereocenters. The van der Waals surface area contributed by atoms with Gasteiger partial charge in [0.2, 0.25) is 11.8 Å². The summed E-state index contributed by atoms with van der Waals surface area (Å²) in [7, 11) is 0. The Hall–Kier alpha value is -2.79. The van der Waals surface area contributed by atoms with Gasteiger partial charge in [-0.05, 0) is 32.1 Å². The molecule has 23 heteroatoms. The lowest BCUT2D eigenvalue weighted by Gasteiger charge is -2.50. The zero-order chi connectivity index (χ0) is 59.0. The highest BCUT2D eigenvalue weighted by molar-refractivity contribution is 5.77. The van der Waals surface area contributed by atoms with E-state index in [2.05, 4.69) is 36.6 Å². The average molecular weight is 1150 g/mol. The number of ether oxygens (including phenoxy) is 6. The van der Waals surface area contributed by atoms with E-state index in [1.54, 1.807) is 0 Å². The first-order chi connectivity index (χ1) is 38.4. The highest BCUT2D eigenvalue weighted by Gasteiger charge is 2.60. The van der Waals surface area contributed by atoms with E-state index in [0.717, 1.165) is 51.9 Å². The van der Waals surface area contributed by atoms with E-state index in [1.807, 2.05) is 12.2 Å². The summed E-state index contributed by atoms with van der Waals surface area (Å²) >= 11 is 0. The van der Waals surface area contributed by atoms with Crippen molar-refractivity contribution in [2.45, 2.75) is 291 Å². The summed E-state index contributed by atoms with van der Waals surface area (Å²) in [6.07, 6.45) is 3.77. The van der Waals surface area contributed by atoms with E-state index in [-0.39, 0.29) is 12.3 Å². The van der Waals surface area contributed by atoms with Gasteiger partial charge in [0.25, 0.3) is 5.79 Å². The lowest BCUT2D eigenvalue weighted by atomic mass is 9.88. The first-order valence-electron chi connectivity index (χ1n) is 29.7. The van der Waals surface area contributed by atoms with Crippen molar-refractivity contribution in [2.24, 2.45) is 0 Å². The number of rotatable bonds is 42. The summed E-state index contributed by atoms with van der Waals surface area (Å²) in [4.78, 5) is 38.3. The predicted molar refractivity (Wildman–Crippen MR) is 292 cm³/mol. The number of carbonyl (C=O) groups excluding carboxylic acids is 2. The molecule has 14 N–H and O–H groups in total. The molecule has 3 saturated heterocycles. The molecule has 80 heavy (non-hydrogen) atoms. The van der Waals surface area contributed by atoms with Gasteiger partial charge in [0, 0.05) is 19.8 Å². The summed E-state index contributed by atoms with van der Waals surface area (Å²) in [6.45, 7) is 2.09. The SMILES string of the molecule is CCCCCCCC/C=C\C/C=C\CCC(=O)NC(COC1OC(CO)C(OC2OC(CO)C(O)C(OC3(C(=O)O)CC(O)C(NC(C)=O)C(C(O)C(O)CO)O3)C2O)C(O)C1O)C(O)CCCCCCCCCCCCCCC. The molecule has 0 spiro atoms. The van der Waals surface area contributed by atoms with Gasteiger partial charge in [0.15, 0.2) is 12.6 Å². The maximum atomic E-state index is 13.3. The van der Waals surface area contributed by atoms with Crippen LogP contribution >= 0.6 is 0 Å². The molecule has 0 radical (unpaired) electrons. The fraction of sp³-hybridized carbons (Fsp3) is 0.877. The number of amides is 2. The quantitative estimate of drug-likeness (QED) is 0.0308. The Morgan fingerprint density at radius 3 is 1.75 bits per heavy atom. The third-order valence-electron chi connectivity index (χ3n) is 15.2. The molecule has 3 heterocycles. The van der Waals surface area contributed by atoms with E-state index in [4.69, 9.17) is 28.4 Å². The topological polar surface area (TPSA) is 373 Å². The zero-order valence-electron chi connectivity index (χ0n) is 47.7. The summed E-state index contributed by atoms with van der Waals surface area (Å²) in [5.74, 6) is -6.18. The van der Waals surface area contributed by atoms with Crippen molar-refractivity contribution in [1.82, 2.24) is 10.6 Å². The molecule has 0 aromatic heterocycles. The number of carbonyl (C=O) groups is 3. The smallest absolute Gasteiger partial charge is 0.364 e. The van der Waals surface area contributed by atoms with Gasteiger partial charge in [-0.3, -0.25) is 9.59 Å². The monoisotopic (exact) mass is 1150 g/mol. The molecule has 3 aliphatic heterocycles. The van der Waals surface area contributed by atoms with Gasteiger partial charge in [-0.1, -0.05) is 154 Å². The summed E-state index contributed by atoms with van der Waals surface area (Å²) in [5.41, 5.74) is 0. The zero-order valence-corrected chi connectivity index (χ0v) is 47.7. The van der Waals surface area contributed by atoms with Crippen LogP contribution in [0.2, 0.25) is 0 Å². The molecule has 0 aliphatic carbocycles. The minimum Gasteiger partial charge on any atom is -0.477 e. The van der Waals surface area contributed by atoms with E-state index in [9.17, 15) is 75.7 Å². The van der Waals surface area contributed by atoms with Gasteiger partial charge in [-0.2, -0.15) is 0 Å². The first-order valence-corrected chi connectivity index (χ1v) is 29.7. The van der Waals surface area contributed by atoms with Gasteiger partial charge in [-0.15, -0.1) is 0 Å². The largest absolute Gasteiger partial charge is 0.477 e. The van der Waals surface area contributed by atoms with Crippen LogP contribution in [0, 0.1) is 0 Å². The van der Waals surface area contributed by atoms with Crippen molar-refractivity contribution in [3.63, 3.8) is 0 Å². The van der Waals surface area contributed by atoms with Crippen molar-refractivity contribution in [2.75, 3.05) is 26.4 Å². The molecular weight excluding hydrogens is 1050 g/mol. The van der Waals surface area contributed by atoms with Gasteiger partial charge in [-0.25, -0.2) is 4.79 Å². The van der Waals surface area contributed by atoms with Crippen LogP contribution < -0.4 is 10.6 Å². The van der Waals surface area contributed by atoms with Crippen LogP contribution in [0.3, 0.4) is 0 Å². The van der Waals surface area contributed by atoms with Gasteiger partial charge in [0.1, 0.15) is 67.1 Å². The maximum absolute atomic E-state index is 13.3. The summed E-state index contributed by atoms with van der Waals surface area (Å²) in [5, 5.41) is 135. The minimum atomic E-state index is -3.08. The third-order valence-corrected chi connectivity index (χ3v) is 15.2. The van der Waals surface area contributed by atoms with Crippen LogP contribution in [0.1, 0.15) is 181 Å². The number of aliphatic hydroxyl groups excluding tert-OH is 11. The first kappa shape index (κ1) is 71.5. The van der Waals surface area contributed by atoms with Crippen LogP contribution in [0.15, 0.2) is 24.3 Å². The molecule has 18 unspecified atom stereocenters. The standard InChI is InChI=1S/C57H102N2O21/c1-4-6-8-10-12-14-16-18-20-22-24-26-28-30-39(64)38(59-44(67)31-29-27-25-23-21-19-17-15-13-11-9-7-5-2)36-75-54-49(71)48(70)51(43(35-62)77-54)78-55-50(72)53(47(69)42(34-61)76-55)80-57(56(73)74)32-40(65)45(58-37(3)63)52(79-57)46(68)41(66)33-60/h19,21,25,27,38-43,45-55,60-62,64-66,68-72H,4-18,20,22-24,26,28-36H2,1-3H3,(H,58,63)(H,59,67)(H,73,74)/b21-19-,27-25-. The second-order valence-electron chi connectivity index (χ2n) is 21.9. The highest BCUT2D eigenvalue weighted by atomic mass is 16.8. The van der Waals surface area contributed by atoms with Crippen molar-refractivity contribution in [3.05, 3.63) is 24.3 Å². The van der Waals surface area contributed by atoms with Gasteiger partial charge >= 0.3 is 5.97 Å². The number of carboxylic acid groups (broad SMARTS) is 1. The lowest BCUT2D eigenvalue weighted by Crippen LogP contribution is -2.70. The summed E-state index contributed by atoms with van der Waals surface area (Å²) in [6, 6.07) is -2.56. The molecule has 466 valence electrons. The molecule has 3 rings (SSSR count). The van der Waals surface area contributed by atoms with E-state index < -0.39 is 155 Å². The van der Waals surface area contributed by atoms with Gasteiger partial charge < -0.3 is 100 Å². The Labute approximate surface area is 473 Å². The third kappa shape index (κ3) is 24.1. The van der Waals surface area contributed by atoms with Crippen LogP contribution in [0.5, 0.6) is 0 Å². The number of carboxylic acids is 1. The number of unbranched alkanes of at least 4 members (excludes halogenated alkanes) is 18. The second kappa shape index (κ2) is 39.7. The molecule has 3 aliphatic rings. The number of aliphatic hydroxyl groups is 11. The van der Waals surface area contributed by atoms with E-state index in [0.29, 0.717) is 19.3 Å². The Bertz CT molecular complexity index is 1750. The Morgan fingerprint density at radius 2 is 1.20 bits per heavy atom. The van der Waals surface area contributed by atoms with Crippen molar-refractivity contribution >= 4 is 17.8 Å². The number of hydrogen-bond donors (Lipinski definition) is 14. The number of allylic oxidation sites excluding steroid dienone is 4. The summed E-state index contributed by atoms with van der Waals surface area (Å²) < 4.78 is 34.6. The maximum Gasteiger partial charge on any atom is 0.364 e. The Morgan fingerprint density at radius 1 is 0.650 bits per heavy atom. The normalized spacial score (nSPS) is 30.8. The van der Waals surface area contributed by atoms with E-state index >= 15 is 0 Å². The van der Waals surface area contributed by atoms with Gasteiger partial charge in [0.05, 0.1) is 50.7 Å². The number of hydrogen-bond acceptors (Lipinski definition) is 20. The fourth-order valence-electron chi connectivity index (χ4n) is 10.3. The van der Waals surface area contributed by atoms with Crippen molar-refractivity contribution in [1.29, 1.82) is 0 Å². The molecule has 3 fully saturated rings. The average Bonchev–Trinajstić information content (AvgIpc) is 3.44. The molecule has 0 saturated carbocycles. The molecular formula is C57H102N2O21. The van der Waals surface area contributed by atoms with Crippen LogP contribution in [-0.4, -0.2) is 215 Å². The predicted octanol–water partition coefficient (Wildman–Crippen LogP) is 2.16. The Kier molecular flexibility index (Phi) is 35.5. The fourth-order valence-corrected chi connectivity index (χ4v) is 10.3. The minimum absolute atomic E-state index is 0.117. The Balaban J connectivity index is 1.69.